The first-order valence-electron chi connectivity index (χ1n) is 10.4. The second-order valence-corrected chi connectivity index (χ2v) is 8.50. The fourth-order valence-corrected chi connectivity index (χ4v) is 6.42. The van der Waals surface area contributed by atoms with Crippen LogP contribution in [0.2, 0.25) is 0 Å². The minimum absolute atomic E-state index is 0.0976. The number of carbonyl (C=O) groups is 3. The first kappa shape index (κ1) is 19.4. The Kier molecular flexibility index (Phi) is 4.00. The summed E-state index contributed by atoms with van der Waals surface area (Å²) in [6.07, 6.45) is 0.0371. The van der Waals surface area contributed by atoms with Gasteiger partial charge in [-0.25, -0.2) is 4.79 Å². The number of fused-ring (bicyclic) bond motifs is 3. The molecule has 1 aromatic carbocycles. The van der Waals surface area contributed by atoms with Crippen LogP contribution in [-0.4, -0.2) is 56.6 Å². The Morgan fingerprint density at radius 2 is 1.77 bits per heavy atom. The zero-order valence-corrected chi connectivity index (χ0v) is 17.3. The van der Waals surface area contributed by atoms with E-state index in [1.807, 2.05) is 24.3 Å². The molecule has 0 N–H and O–H groups in total. The minimum atomic E-state index is -1.41. The molecule has 0 unspecified atom stereocenters. The molecule has 2 heterocycles. The number of rotatable bonds is 4. The largest absolute Gasteiger partial charge is 0.465 e. The van der Waals surface area contributed by atoms with E-state index in [4.69, 9.17) is 18.9 Å². The lowest BCUT2D eigenvalue weighted by Gasteiger charge is -2.55. The zero-order chi connectivity index (χ0) is 21.3. The molecule has 8 heteroatoms. The number of epoxide rings is 1. The number of esters is 2. The molecule has 8 nitrogen and oxygen atoms in total. The maximum Gasteiger partial charge on any atom is 0.414 e. The van der Waals surface area contributed by atoms with E-state index in [9.17, 15) is 14.4 Å². The summed E-state index contributed by atoms with van der Waals surface area (Å²) in [7, 11) is 1.35. The van der Waals surface area contributed by atoms with Gasteiger partial charge in [-0.3, -0.25) is 14.5 Å². The molecular formula is C22H25NO7. The number of para-hydroxylation sites is 1. The normalized spacial score (nSPS) is 33.8. The average Bonchev–Trinajstić information content (AvgIpc) is 3.44. The first-order chi connectivity index (χ1) is 14.4. The quantitative estimate of drug-likeness (QED) is 0.322. The van der Waals surface area contributed by atoms with E-state index in [0.717, 1.165) is 11.3 Å². The van der Waals surface area contributed by atoms with Crippen molar-refractivity contribution in [1.82, 2.24) is 0 Å². The molecule has 1 saturated heterocycles. The molecule has 0 bridgehead atoms. The second kappa shape index (κ2) is 6.20. The van der Waals surface area contributed by atoms with Gasteiger partial charge in [0.15, 0.2) is 5.41 Å². The van der Waals surface area contributed by atoms with E-state index in [2.05, 4.69) is 0 Å². The number of ether oxygens (including phenoxy) is 4. The number of methoxy groups -OCH3 is 1. The lowest BCUT2D eigenvalue weighted by molar-refractivity contribution is -0.172. The van der Waals surface area contributed by atoms with Crippen molar-refractivity contribution in [1.29, 1.82) is 0 Å². The van der Waals surface area contributed by atoms with E-state index in [0.29, 0.717) is 6.61 Å². The van der Waals surface area contributed by atoms with Crippen LogP contribution in [0.5, 0.6) is 0 Å². The summed E-state index contributed by atoms with van der Waals surface area (Å²) in [4.78, 5) is 40.7. The van der Waals surface area contributed by atoms with Gasteiger partial charge in [-0.15, -0.1) is 0 Å². The molecule has 30 heavy (non-hydrogen) atoms. The van der Waals surface area contributed by atoms with Gasteiger partial charge < -0.3 is 18.9 Å². The van der Waals surface area contributed by atoms with Crippen LogP contribution in [0.1, 0.15) is 32.3 Å². The van der Waals surface area contributed by atoms with Crippen molar-refractivity contribution < 1.29 is 33.3 Å². The third-order valence-corrected chi connectivity index (χ3v) is 7.41. The number of nitrogens with zero attached hydrogens (tertiary/aromatic N) is 1. The van der Waals surface area contributed by atoms with Gasteiger partial charge in [-0.2, -0.15) is 0 Å². The Labute approximate surface area is 174 Å². The van der Waals surface area contributed by atoms with Gasteiger partial charge in [-0.1, -0.05) is 18.2 Å². The summed E-state index contributed by atoms with van der Waals surface area (Å²) in [5.74, 6) is -1.22. The molecule has 1 amide bonds. The summed E-state index contributed by atoms with van der Waals surface area (Å²) in [5, 5.41) is 0. The maximum absolute atomic E-state index is 13.1. The summed E-state index contributed by atoms with van der Waals surface area (Å²) < 4.78 is 21.7. The topological polar surface area (TPSA) is 94.7 Å². The lowest BCUT2D eigenvalue weighted by atomic mass is 9.50. The molecule has 2 aliphatic carbocycles. The van der Waals surface area contributed by atoms with Crippen LogP contribution < -0.4 is 4.90 Å². The Balaban J connectivity index is 1.67. The van der Waals surface area contributed by atoms with Crippen molar-refractivity contribution in [2.75, 3.05) is 31.8 Å². The third-order valence-electron chi connectivity index (χ3n) is 7.41. The zero-order valence-electron chi connectivity index (χ0n) is 17.3. The fraction of sp³-hybridized carbons (Fsp3) is 0.591. The van der Waals surface area contributed by atoms with Crippen LogP contribution in [0.4, 0.5) is 10.5 Å². The number of hydrogen-bond acceptors (Lipinski definition) is 7. The van der Waals surface area contributed by atoms with Gasteiger partial charge in [0.05, 0.1) is 38.7 Å². The lowest BCUT2D eigenvalue weighted by Crippen LogP contribution is -2.71. The molecule has 160 valence electrons. The minimum Gasteiger partial charge on any atom is -0.465 e. The van der Waals surface area contributed by atoms with Gasteiger partial charge in [0, 0.05) is 11.3 Å². The first-order valence-corrected chi connectivity index (χ1v) is 10.4. The number of hydrogen-bond donors (Lipinski definition) is 0. The van der Waals surface area contributed by atoms with E-state index >= 15 is 0 Å². The number of amides is 1. The van der Waals surface area contributed by atoms with Gasteiger partial charge in [0.1, 0.15) is 5.60 Å². The molecule has 2 aliphatic heterocycles. The number of carbonyl (C=O) groups excluding carboxylic acids is 3. The fourth-order valence-electron chi connectivity index (χ4n) is 6.42. The summed E-state index contributed by atoms with van der Waals surface area (Å²) in [5.41, 5.74) is -0.879. The number of anilines is 1. The van der Waals surface area contributed by atoms with Crippen molar-refractivity contribution in [2.24, 2.45) is 11.3 Å². The van der Waals surface area contributed by atoms with E-state index in [-0.39, 0.29) is 38.0 Å². The van der Waals surface area contributed by atoms with E-state index in [1.54, 1.807) is 18.7 Å². The van der Waals surface area contributed by atoms with Crippen molar-refractivity contribution in [3.05, 3.63) is 29.8 Å². The van der Waals surface area contributed by atoms with Gasteiger partial charge in [-0.05, 0) is 38.3 Å². The van der Waals surface area contributed by atoms with Crippen LogP contribution >= 0.6 is 0 Å². The molecule has 3 fully saturated rings. The Morgan fingerprint density at radius 1 is 1.13 bits per heavy atom. The highest BCUT2D eigenvalue weighted by atomic mass is 16.6. The highest BCUT2D eigenvalue weighted by Crippen LogP contribution is 2.78. The van der Waals surface area contributed by atoms with Crippen LogP contribution in [0.25, 0.3) is 0 Å². The Hall–Kier alpha value is -2.61. The maximum atomic E-state index is 13.1. The van der Waals surface area contributed by atoms with Gasteiger partial charge >= 0.3 is 18.0 Å². The predicted molar refractivity (Wildman–Crippen MR) is 104 cm³/mol. The van der Waals surface area contributed by atoms with Gasteiger partial charge in [0.25, 0.3) is 0 Å². The second-order valence-electron chi connectivity index (χ2n) is 8.50. The Bertz CT molecular complexity index is 921. The van der Waals surface area contributed by atoms with Crippen LogP contribution in [0.3, 0.4) is 0 Å². The SMILES string of the molecule is CCOC(=O)C1(C(=O)OCC)C[C@H]2[C@]3(CO3)[C@@H]3N(C(=O)OC)c4ccccc4[C@]23C1. The highest BCUT2D eigenvalue weighted by Gasteiger charge is 2.88. The van der Waals surface area contributed by atoms with Crippen molar-refractivity contribution in [3.63, 3.8) is 0 Å². The van der Waals surface area contributed by atoms with Crippen molar-refractivity contribution >= 4 is 23.7 Å². The van der Waals surface area contributed by atoms with E-state index in [1.165, 1.54) is 7.11 Å². The van der Waals surface area contributed by atoms with Crippen LogP contribution in [0.15, 0.2) is 24.3 Å². The predicted octanol–water partition coefficient (Wildman–Crippen LogP) is 2.18. The summed E-state index contributed by atoms with van der Waals surface area (Å²) in [6.45, 7) is 4.27. The molecule has 2 spiro atoms. The summed E-state index contributed by atoms with van der Waals surface area (Å²) >= 11 is 0. The van der Waals surface area contributed by atoms with Crippen LogP contribution in [-0.2, 0) is 34.0 Å². The average molecular weight is 415 g/mol. The van der Waals surface area contributed by atoms with Gasteiger partial charge in [0.2, 0.25) is 0 Å². The standard InChI is InChI=1S/C22H25NO7/c1-4-28-17(24)20(18(25)29-5-2)10-15-21(11-20)13-8-6-7-9-14(13)23(19(26)27-3)16(21)22(15)12-30-22/h6-9,15-16H,4-5,10-12H2,1-3H3/t15-,16-,21-,22-/m1/s1. The third kappa shape index (κ3) is 2.02. The smallest absolute Gasteiger partial charge is 0.414 e. The number of benzene rings is 1. The molecule has 4 atom stereocenters. The van der Waals surface area contributed by atoms with E-state index < -0.39 is 34.5 Å². The highest BCUT2D eigenvalue weighted by molar-refractivity contribution is 6.02. The van der Waals surface area contributed by atoms with Crippen molar-refractivity contribution in [3.8, 4) is 0 Å². The summed E-state index contributed by atoms with van der Waals surface area (Å²) in [6, 6.07) is 7.30. The molecule has 5 rings (SSSR count). The molecule has 4 aliphatic rings. The van der Waals surface area contributed by atoms with Crippen molar-refractivity contribution in [2.45, 2.75) is 43.7 Å². The Morgan fingerprint density at radius 3 is 2.33 bits per heavy atom. The molecule has 0 radical (unpaired) electrons. The molecule has 2 saturated carbocycles. The van der Waals surface area contributed by atoms with Crippen LogP contribution in [0, 0.1) is 11.3 Å². The molecule has 1 aromatic rings. The monoisotopic (exact) mass is 415 g/mol. The molecule has 0 aromatic heterocycles. The molecular weight excluding hydrogens is 390 g/mol.